The zero-order chi connectivity index (χ0) is 14.4. The Labute approximate surface area is 115 Å². The first-order valence-corrected chi connectivity index (χ1v) is 5.90. The molecule has 0 aliphatic rings. The van der Waals surface area contributed by atoms with E-state index < -0.39 is 5.82 Å². The Morgan fingerprint density at radius 3 is 2.95 bits per heavy atom. The van der Waals surface area contributed by atoms with Crippen molar-refractivity contribution in [3.8, 4) is 11.8 Å². The van der Waals surface area contributed by atoms with Gasteiger partial charge >= 0.3 is 0 Å². The van der Waals surface area contributed by atoms with Crippen molar-refractivity contribution in [1.82, 2.24) is 4.98 Å². The molecule has 4 nitrogen and oxygen atoms in total. The molecule has 0 spiro atoms. The fourth-order valence-electron chi connectivity index (χ4n) is 1.57. The van der Waals surface area contributed by atoms with E-state index in [1.165, 1.54) is 24.4 Å². The van der Waals surface area contributed by atoms with E-state index in [0.29, 0.717) is 16.8 Å². The van der Waals surface area contributed by atoms with Gasteiger partial charge in [-0.15, -0.1) is 0 Å². The van der Waals surface area contributed by atoms with Crippen LogP contribution in [-0.2, 0) is 0 Å². The Balaban J connectivity index is 2.27. The first kappa shape index (κ1) is 13.7. The monoisotopic (exact) mass is 269 g/mol. The van der Waals surface area contributed by atoms with E-state index in [2.05, 4.69) is 22.1 Å². The number of nitrogens with two attached hydrogens (primary N) is 1. The maximum atomic E-state index is 13.2. The molecule has 0 radical (unpaired) electrons. The van der Waals surface area contributed by atoms with Gasteiger partial charge in [0.05, 0.1) is 23.4 Å². The Kier molecular flexibility index (Phi) is 4.43. The number of pyridine rings is 1. The smallest absolute Gasteiger partial charge is 0.257 e. The summed E-state index contributed by atoms with van der Waals surface area (Å²) >= 11 is 0. The van der Waals surface area contributed by atoms with Gasteiger partial charge in [0.1, 0.15) is 5.82 Å². The number of carbonyl (C=O) groups is 1. The molecule has 1 amide bonds. The van der Waals surface area contributed by atoms with Crippen LogP contribution in [0.4, 0.5) is 10.1 Å². The van der Waals surface area contributed by atoms with Crippen LogP contribution in [0.5, 0.6) is 0 Å². The Morgan fingerprint density at radius 1 is 1.40 bits per heavy atom. The molecular formula is C15H12FN3O. The highest BCUT2D eigenvalue weighted by Gasteiger charge is 2.09. The quantitative estimate of drug-likeness (QED) is 0.817. The van der Waals surface area contributed by atoms with Crippen molar-refractivity contribution >= 4 is 11.6 Å². The average Bonchev–Trinajstić information content (AvgIpc) is 2.48. The minimum absolute atomic E-state index is 0.159. The molecule has 2 rings (SSSR count). The average molecular weight is 269 g/mol. The van der Waals surface area contributed by atoms with Crippen LogP contribution in [-0.4, -0.2) is 17.4 Å². The van der Waals surface area contributed by atoms with Crippen LogP contribution in [0.25, 0.3) is 0 Å². The van der Waals surface area contributed by atoms with Crippen molar-refractivity contribution < 1.29 is 9.18 Å². The van der Waals surface area contributed by atoms with Gasteiger partial charge in [-0.2, -0.15) is 0 Å². The van der Waals surface area contributed by atoms with Crippen molar-refractivity contribution in [2.75, 3.05) is 11.9 Å². The molecule has 0 atom stereocenters. The highest BCUT2D eigenvalue weighted by Crippen LogP contribution is 2.17. The van der Waals surface area contributed by atoms with E-state index in [4.69, 9.17) is 5.73 Å². The summed E-state index contributed by atoms with van der Waals surface area (Å²) in [6.07, 6.45) is 3.02. The lowest BCUT2D eigenvalue weighted by Gasteiger charge is -2.07. The van der Waals surface area contributed by atoms with E-state index in [9.17, 15) is 9.18 Å². The lowest BCUT2D eigenvalue weighted by molar-refractivity contribution is 0.102. The van der Waals surface area contributed by atoms with Gasteiger partial charge in [-0.1, -0.05) is 11.8 Å². The van der Waals surface area contributed by atoms with Gasteiger partial charge in [-0.25, -0.2) is 4.39 Å². The second kappa shape index (κ2) is 6.45. The number of rotatable bonds is 2. The predicted octanol–water partition coefficient (Wildman–Crippen LogP) is 1.78. The fourth-order valence-corrected chi connectivity index (χ4v) is 1.57. The van der Waals surface area contributed by atoms with Gasteiger partial charge in [-0.05, 0) is 30.3 Å². The molecule has 0 saturated heterocycles. The second-order valence-electron chi connectivity index (χ2n) is 3.89. The molecule has 0 fully saturated rings. The van der Waals surface area contributed by atoms with Crippen LogP contribution in [0, 0.1) is 17.7 Å². The molecule has 0 bridgehead atoms. The molecule has 100 valence electrons. The van der Waals surface area contributed by atoms with Crippen LogP contribution in [0.3, 0.4) is 0 Å². The molecule has 1 aromatic heterocycles. The molecule has 0 aliphatic carbocycles. The van der Waals surface area contributed by atoms with E-state index in [1.54, 1.807) is 18.3 Å². The molecule has 1 heterocycles. The Morgan fingerprint density at radius 2 is 2.25 bits per heavy atom. The third-order valence-electron chi connectivity index (χ3n) is 2.48. The number of halogens is 1. The maximum absolute atomic E-state index is 13.2. The van der Waals surface area contributed by atoms with E-state index in [1.807, 2.05) is 0 Å². The molecular weight excluding hydrogens is 257 g/mol. The first-order chi connectivity index (χ1) is 9.70. The van der Waals surface area contributed by atoms with Crippen molar-refractivity contribution in [3.05, 3.63) is 59.7 Å². The number of amides is 1. The van der Waals surface area contributed by atoms with Gasteiger partial charge in [0.15, 0.2) is 0 Å². The van der Waals surface area contributed by atoms with E-state index in [0.717, 1.165) is 0 Å². The molecule has 20 heavy (non-hydrogen) atoms. The molecule has 5 heteroatoms. The Bertz CT molecular complexity index is 675. The van der Waals surface area contributed by atoms with Crippen LogP contribution >= 0.6 is 0 Å². The summed E-state index contributed by atoms with van der Waals surface area (Å²) in [5.74, 6) is 4.60. The standard InChI is InChI=1S/C15H12FN3O/c16-13-5-6-14(11(9-13)3-1-7-17)19-15(20)12-4-2-8-18-10-12/h2,4-6,8-10H,7,17H2,(H,19,20). The summed E-state index contributed by atoms with van der Waals surface area (Å²) in [7, 11) is 0. The summed E-state index contributed by atoms with van der Waals surface area (Å²) in [5.41, 5.74) is 6.52. The molecule has 1 aromatic carbocycles. The molecule has 3 N–H and O–H groups in total. The fraction of sp³-hybridized carbons (Fsp3) is 0.0667. The molecule has 0 saturated carbocycles. The molecule has 2 aromatic rings. The summed E-state index contributed by atoms with van der Waals surface area (Å²) < 4.78 is 13.2. The summed E-state index contributed by atoms with van der Waals surface area (Å²) in [5, 5.41) is 2.67. The number of hydrogen-bond donors (Lipinski definition) is 2. The molecule has 0 unspecified atom stereocenters. The largest absolute Gasteiger partial charge is 0.321 e. The minimum atomic E-state index is -0.425. The SMILES string of the molecule is NCC#Cc1cc(F)ccc1NC(=O)c1cccnc1. The van der Waals surface area contributed by atoms with Crippen molar-refractivity contribution in [2.24, 2.45) is 5.73 Å². The zero-order valence-corrected chi connectivity index (χ0v) is 10.6. The Hall–Kier alpha value is -2.71. The number of nitrogens with zero attached hydrogens (tertiary/aromatic N) is 1. The topological polar surface area (TPSA) is 68.0 Å². The lowest BCUT2D eigenvalue weighted by Crippen LogP contribution is -2.13. The van der Waals surface area contributed by atoms with Crippen molar-refractivity contribution in [1.29, 1.82) is 0 Å². The summed E-state index contributed by atoms with van der Waals surface area (Å²) in [4.78, 5) is 15.9. The van der Waals surface area contributed by atoms with Gasteiger partial charge in [0.25, 0.3) is 5.91 Å². The zero-order valence-electron chi connectivity index (χ0n) is 10.6. The number of aromatic nitrogens is 1. The highest BCUT2D eigenvalue weighted by molar-refractivity contribution is 6.04. The van der Waals surface area contributed by atoms with Crippen LogP contribution in [0.1, 0.15) is 15.9 Å². The maximum Gasteiger partial charge on any atom is 0.257 e. The number of hydrogen-bond acceptors (Lipinski definition) is 3. The van der Waals surface area contributed by atoms with Crippen molar-refractivity contribution in [3.63, 3.8) is 0 Å². The minimum Gasteiger partial charge on any atom is -0.321 e. The lowest BCUT2D eigenvalue weighted by atomic mass is 10.1. The van der Waals surface area contributed by atoms with Gasteiger partial charge in [-0.3, -0.25) is 9.78 Å². The van der Waals surface area contributed by atoms with E-state index >= 15 is 0 Å². The summed E-state index contributed by atoms with van der Waals surface area (Å²) in [6.45, 7) is 0.159. The molecule has 0 aliphatic heterocycles. The third-order valence-corrected chi connectivity index (χ3v) is 2.48. The van der Waals surface area contributed by atoms with Crippen LogP contribution in [0.2, 0.25) is 0 Å². The number of carbonyl (C=O) groups excluding carboxylic acids is 1. The van der Waals surface area contributed by atoms with Crippen LogP contribution < -0.4 is 11.1 Å². The number of anilines is 1. The van der Waals surface area contributed by atoms with Gasteiger partial charge in [0, 0.05) is 12.4 Å². The van der Waals surface area contributed by atoms with Crippen LogP contribution in [0.15, 0.2) is 42.7 Å². The first-order valence-electron chi connectivity index (χ1n) is 5.90. The number of benzene rings is 1. The normalized spacial score (nSPS) is 9.50. The van der Waals surface area contributed by atoms with Crippen molar-refractivity contribution in [2.45, 2.75) is 0 Å². The predicted molar refractivity (Wildman–Crippen MR) is 74.5 cm³/mol. The second-order valence-corrected chi connectivity index (χ2v) is 3.89. The van der Waals surface area contributed by atoms with Gasteiger partial charge < -0.3 is 11.1 Å². The van der Waals surface area contributed by atoms with Gasteiger partial charge in [0.2, 0.25) is 0 Å². The number of nitrogens with one attached hydrogen (secondary N) is 1. The third kappa shape index (κ3) is 3.40. The summed E-state index contributed by atoms with van der Waals surface area (Å²) in [6, 6.07) is 7.27. The highest BCUT2D eigenvalue weighted by atomic mass is 19.1. The van der Waals surface area contributed by atoms with E-state index in [-0.39, 0.29) is 12.5 Å².